The summed E-state index contributed by atoms with van der Waals surface area (Å²) in [5, 5.41) is 5.83. The van der Waals surface area contributed by atoms with Crippen LogP contribution >= 0.6 is 11.3 Å². The number of aryl methyl sites for hydroxylation is 2. The zero-order valence-corrected chi connectivity index (χ0v) is 13.2. The minimum Gasteiger partial charge on any atom is -0.353 e. The van der Waals surface area contributed by atoms with E-state index in [1.807, 2.05) is 11.3 Å². The van der Waals surface area contributed by atoms with Crippen LogP contribution in [0.3, 0.4) is 0 Å². The molecule has 3 rings (SSSR count). The SMILES string of the molecule is Cc1cn(Cc2sccc2C)c(NC2CCCCC2)n1. The third-order valence-electron chi connectivity index (χ3n) is 4.12. The summed E-state index contributed by atoms with van der Waals surface area (Å²) in [4.78, 5) is 6.10. The van der Waals surface area contributed by atoms with Crippen molar-refractivity contribution in [2.45, 2.75) is 58.5 Å². The third-order valence-corrected chi connectivity index (χ3v) is 5.13. The van der Waals surface area contributed by atoms with E-state index >= 15 is 0 Å². The maximum atomic E-state index is 4.67. The van der Waals surface area contributed by atoms with Gasteiger partial charge in [0.15, 0.2) is 0 Å². The topological polar surface area (TPSA) is 29.9 Å². The van der Waals surface area contributed by atoms with Crippen molar-refractivity contribution in [3.8, 4) is 0 Å². The van der Waals surface area contributed by atoms with Crippen LogP contribution in [0.5, 0.6) is 0 Å². The second kappa shape index (κ2) is 6.00. The summed E-state index contributed by atoms with van der Waals surface area (Å²) in [6.07, 6.45) is 8.81. The second-order valence-corrected chi connectivity index (χ2v) is 6.84. The molecule has 0 radical (unpaired) electrons. The number of anilines is 1. The number of imidazole rings is 1. The van der Waals surface area contributed by atoms with Crippen molar-refractivity contribution in [2.75, 3.05) is 5.32 Å². The van der Waals surface area contributed by atoms with E-state index in [0.717, 1.165) is 18.2 Å². The lowest BCUT2D eigenvalue weighted by Gasteiger charge is -2.23. The molecule has 0 unspecified atom stereocenters. The molecule has 2 heterocycles. The largest absolute Gasteiger partial charge is 0.353 e. The van der Waals surface area contributed by atoms with Crippen LogP contribution in [0, 0.1) is 13.8 Å². The lowest BCUT2D eigenvalue weighted by Crippen LogP contribution is -2.24. The summed E-state index contributed by atoms with van der Waals surface area (Å²) in [5.74, 6) is 1.04. The fourth-order valence-electron chi connectivity index (χ4n) is 2.93. The van der Waals surface area contributed by atoms with Crippen molar-refractivity contribution in [3.05, 3.63) is 33.8 Å². The van der Waals surface area contributed by atoms with Crippen molar-refractivity contribution >= 4 is 17.3 Å². The number of nitrogens with zero attached hydrogens (tertiary/aromatic N) is 2. The highest BCUT2D eigenvalue weighted by Crippen LogP contribution is 2.23. The molecule has 0 aromatic carbocycles. The zero-order valence-electron chi connectivity index (χ0n) is 12.4. The van der Waals surface area contributed by atoms with Crippen LogP contribution in [0.1, 0.15) is 48.2 Å². The Bertz CT molecular complexity index is 564. The quantitative estimate of drug-likeness (QED) is 0.906. The van der Waals surface area contributed by atoms with Gasteiger partial charge in [0.25, 0.3) is 0 Å². The van der Waals surface area contributed by atoms with Gasteiger partial charge in [0.05, 0.1) is 12.2 Å². The van der Waals surface area contributed by atoms with Crippen LogP contribution in [0.4, 0.5) is 5.95 Å². The Morgan fingerprint density at radius 3 is 2.80 bits per heavy atom. The van der Waals surface area contributed by atoms with E-state index < -0.39 is 0 Å². The number of hydrogen-bond acceptors (Lipinski definition) is 3. The molecule has 0 aliphatic heterocycles. The maximum Gasteiger partial charge on any atom is 0.203 e. The molecule has 0 atom stereocenters. The number of nitrogens with one attached hydrogen (secondary N) is 1. The molecule has 1 N–H and O–H groups in total. The first-order valence-electron chi connectivity index (χ1n) is 7.55. The Morgan fingerprint density at radius 2 is 2.10 bits per heavy atom. The summed E-state index contributed by atoms with van der Waals surface area (Å²) >= 11 is 1.83. The molecule has 3 nitrogen and oxygen atoms in total. The number of rotatable bonds is 4. The van der Waals surface area contributed by atoms with Gasteiger partial charge < -0.3 is 9.88 Å². The molecule has 1 aliphatic rings. The predicted octanol–water partition coefficient (Wildman–Crippen LogP) is 4.35. The van der Waals surface area contributed by atoms with Gasteiger partial charge in [-0.25, -0.2) is 4.98 Å². The molecule has 4 heteroatoms. The van der Waals surface area contributed by atoms with Gasteiger partial charge in [-0.2, -0.15) is 0 Å². The van der Waals surface area contributed by atoms with Crippen LogP contribution in [-0.4, -0.2) is 15.6 Å². The lowest BCUT2D eigenvalue weighted by atomic mass is 9.96. The average molecular weight is 289 g/mol. The Morgan fingerprint density at radius 1 is 1.30 bits per heavy atom. The van der Waals surface area contributed by atoms with Crippen LogP contribution in [0.25, 0.3) is 0 Å². The Labute approximate surface area is 125 Å². The van der Waals surface area contributed by atoms with E-state index in [2.05, 4.69) is 46.4 Å². The number of hydrogen-bond donors (Lipinski definition) is 1. The van der Waals surface area contributed by atoms with Crippen LogP contribution in [0.2, 0.25) is 0 Å². The van der Waals surface area contributed by atoms with Gasteiger partial charge in [0.2, 0.25) is 5.95 Å². The fourth-order valence-corrected chi connectivity index (χ4v) is 3.84. The van der Waals surface area contributed by atoms with E-state index in [1.165, 1.54) is 42.5 Å². The molecule has 0 amide bonds. The monoisotopic (exact) mass is 289 g/mol. The Kier molecular flexibility index (Phi) is 4.10. The van der Waals surface area contributed by atoms with Crippen molar-refractivity contribution in [1.29, 1.82) is 0 Å². The first-order chi connectivity index (χ1) is 9.72. The molecule has 1 saturated carbocycles. The molecule has 1 fully saturated rings. The van der Waals surface area contributed by atoms with Crippen molar-refractivity contribution in [3.63, 3.8) is 0 Å². The van der Waals surface area contributed by atoms with E-state index in [-0.39, 0.29) is 0 Å². The molecule has 0 bridgehead atoms. The lowest BCUT2D eigenvalue weighted by molar-refractivity contribution is 0.459. The minimum atomic E-state index is 0.605. The second-order valence-electron chi connectivity index (χ2n) is 5.84. The summed E-state index contributed by atoms with van der Waals surface area (Å²) in [6.45, 7) is 5.19. The van der Waals surface area contributed by atoms with Gasteiger partial charge >= 0.3 is 0 Å². The highest BCUT2D eigenvalue weighted by molar-refractivity contribution is 7.10. The zero-order chi connectivity index (χ0) is 13.9. The van der Waals surface area contributed by atoms with Gasteiger partial charge in [-0.3, -0.25) is 0 Å². The maximum absolute atomic E-state index is 4.67. The van der Waals surface area contributed by atoms with E-state index in [9.17, 15) is 0 Å². The highest BCUT2D eigenvalue weighted by atomic mass is 32.1. The van der Waals surface area contributed by atoms with E-state index in [0.29, 0.717) is 6.04 Å². The molecule has 2 aromatic rings. The third kappa shape index (κ3) is 3.06. The van der Waals surface area contributed by atoms with Crippen molar-refractivity contribution < 1.29 is 0 Å². The number of thiophene rings is 1. The average Bonchev–Trinajstić information content (AvgIpc) is 2.98. The summed E-state index contributed by atoms with van der Waals surface area (Å²) < 4.78 is 2.27. The predicted molar refractivity (Wildman–Crippen MR) is 85.6 cm³/mol. The first kappa shape index (κ1) is 13.7. The molecule has 1 aliphatic carbocycles. The molecule has 20 heavy (non-hydrogen) atoms. The Hall–Kier alpha value is -1.29. The van der Waals surface area contributed by atoms with Gasteiger partial charge in [-0.1, -0.05) is 19.3 Å². The van der Waals surface area contributed by atoms with Gasteiger partial charge in [0, 0.05) is 17.1 Å². The summed E-state index contributed by atoms with van der Waals surface area (Å²) in [6, 6.07) is 2.80. The molecule has 0 spiro atoms. The van der Waals surface area contributed by atoms with Crippen LogP contribution in [0.15, 0.2) is 17.6 Å². The van der Waals surface area contributed by atoms with Gasteiger partial charge in [0.1, 0.15) is 0 Å². The first-order valence-corrected chi connectivity index (χ1v) is 8.43. The smallest absolute Gasteiger partial charge is 0.203 e. The summed E-state index contributed by atoms with van der Waals surface area (Å²) in [7, 11) is 0. The number of aromatic nitrogens is 2. The normalized spacial score (nSPS) is 16.5. The standard InChI is InChI=1S/C16H23N3S/c1-12-8-9-20-15(12)11-19-10-13(2)17-16(19)18-14-6-4-3-5-7-14/h8-10,14H,3-7,11H2,1-2H3,(H,17,18). The molecule has 2 aromatic heterocycles. The molecular formula is C16H23N3S. The van der Waals surface area contributed by atoms with Gasteiger partial charge in [-0.05, 0) is 43.7 Å². The van der Waals surface area contributed by atoms with Crippen molar-refractivity contribution in [2.24, 2.45) is 0 Å². The molecular weight excluding hydrogens is 266 g/mol. The van der Waals surface area contributed by atoms with E-state index in [4.69, 9.17) is 0 Å². The minimum absolute atomic E-state index is 0.605. The van der Waals surface area contributed by atoms with E-state index in [1.54, 1.807) is 0 Å². The molecule has 108 valence electrons. The fraction of sp³-hybridized carbons (Fsp3) is 0.562. The van der Waals surface area contributed by atoms with Crippen LogP contribution in [-0.2, 0) is 6.54 Å². The highest BCUT2D eigenvalue weighted by Gasteiger charge is 2.16. The summed E-state index contributed by atoms with van der Waals surface area (Å²) in [5.41, 5.74) is 2.47. The Balaban J connectivity index is 1.75. The molecule has 0 saturated heterocycles. The van der Waals surface area contributed by atoms with Gasteiger partial charge in [-0.15, -0.1) is 11.3 Å². The van der Waals surface area contributed by atoms with Crippen LogP contribution < -0.4 is 5.32 Å². The van der Waals surface area contributed by atoms with Crippen molar-refractivity contribution in [1.82, 2.24) is 9.55 Å².